The number of carbonyl (C=O) groups excluding carboxylic acids is 1. The average Bonchev–Trinajstić information content (AvgIpc) is 2.79. The number of aromatic nitrogens is 1. The van der Waals surface area contributed by atoms with Crippen molar-refractivity contribution in [1.82, 2.24) is 9.88 Å². The van der Waals surface area contributed by atoms with Gasteiger partial charge in [-0.1, -0.05) is 30.3 Å². The minimum Gasteiger partial charge on any atom is -0.348 e. The summed E-state index contributed by atoms with van der Waals surface area (Å²) >= 11 is 0. The SMILES string of the molecule is Cc1c(C)n(C)c2ccc(C(=O)N[C@H](C)c3ccccc3)cc12. The third-order valence-corrected chi connectivity index (χ3v) is 4.72. The summed E-state index contributed by atoms with van der Waals surface area (Å²) in [5, 5.41) is 4.22. The van der Waals surface area contributed by atoms with Crippen LogP contribution in [-0.2, 0) is 7.05 Å². The summed E-state index contributed by atoms with van der Waals surface area (Å²) in [5.41, 5.74) is 5.43. The highest BCUT2D eigenvalue weighted by atomic mass is 16.1. The molecule has 3 rings (SSSR count). The van der Waals surface area contributed by atoms with Gasteiger partial charge in [-0.15, -0.1) is 0 Å². The highest BCUT2D eigenvalue weighted by molar-refractivity contribution is 5.99. The number of nitrogens with one attached hydrogen (secondary N) is 1. The van der Waals surface area contributed by atoms with E-state index in [0.29, 0.717) is 5.56 Å². The number of hydrogen-bond acceptors (Lipinski definition) is 1. The zero-order valence-corrected chi connectivity index (χ0v) is 14.1. The Morgan fingerprint density at radius 2 is 1.78 bits per heavy atom. The maximum Gasteiger partial charge on any atom is 0.251 e. The quantitative estimate of drug-likeness (QED) is 0.769. The molecule has 0 aliphatic heterocycles. The molecule has 0 unspecified atom stereocenters. The lowest BCUT2D eigenvalue weighted by molar-refractivity contribution is 0.0940. The first-order chi connectivity index (χ1) is 11.0. The van der Waals surface area contributed by atoms with E-state index in [1.54, 1.807) is 0 Å². The van der Waals surface area contributed by atoms with Gasteiger partial charge in [0.25, 0.3) is 5.91 Å². The van der Waals surface area contributed by atoms with Crippen molar-refractivity contribution in [3.8, 4) is 0 Å². The van der Waals surface area contributed by atoms with Gasteiger partial charge >= 0.3 is 0 Å². The van der Waals surface area contributed by atoms with Crippen LogP contribution in [0.4, 0.5) is 0 Å². The van der Waals surface area contributed by atoms with E-state index in [2.05, 4.69) is 30.8 Å². The molecule has 3 heteroatoms. The average molecular weight is 306 g/mol. The Morgan fingerprint density at radius 3 is 2.48 bits per heavy atom. The largest absolute Gasteiger partial charge is 0.348 e. The minimum absolute atomic E-state index is 0.0157. The second-order valence-electron chi connectivity index (χ2n) is 6.11. The van der Waals surface area contributed by atoms with Crippen molar-refractivity contribution in [2.24, 2.45) is 7.05 Å². The van der Waals surface area contributed by atoms with Gasteiger partial charge in [0.15, 0.2) is 0 Å². The molecule has 1 amide bonds. The molecule has 0 radical (unpaired) electrons. The summed E-state index contributed by atoms with van der Waals surface area (Å²) in [4.78, 5) is 12.6. The zero-order valence-electron chi connectivity index (χ0n) is 14.1. The van der Waals surface area contributed by atoms with Crippen LogP contribution in [0.5, 0.6) is 0 Å². The predicted octanol–water partition coefficient (Wildman–Crippen LogP) is 4.29. The van der Waals surface area contributed by atoms with Gasteiger partial charge in [0.1, 0.15) is 0 Å². The summed E-state index contributed by atoms with van der Waals surface area (Å²) in [6.45, 7) is 6.21. The van der Waals surface area contributed by atoms with Crippen LogP contribution < -0.4 is 5.32 Å². The molecule has 3 nitrogen and oxygen atoms in total. The van der Waals surface area contributed by atoms with Crippen molar-refractivity contribution in [2.75, 3.05) is 0 Å². The van der Waals surface area contributed by atoms with Crippen LogP contribution in [0.15, 0.2) is 48.5 Å². The fraction of sp³-hybridized carbons (Fsp3) is 0.250. The first kappa shape index (κ1) is 15.3. The van der Waals surface area contributed by atoms with E-state index in [1.165, 1.54) is 11.3 Å². The summed E-state index contributed by atoms with van der Waals surface area (Å²) in [7, 11) is 2.06. The molecule has 2 aromatic carbocycles. The van der Waals surface area contributed by atoms with Crippen LogP contribution in [-0.4, -0.2) is 10.5 Å². The summed E-state index contributed by atoms with van der Waals surface area (Å²) in [5.74, 6) is -0.0378. The van der Waals surface area contributed by atoms with Gasteiger partial charge in [0.2, 0.25) is 0 Å². The van der Waals surface area contributed by atoms with E-state index in [0.717, 1.165) is 16.5 Å². The normalized spacial score (nSPS) is 12.3. The molecule has 0 aliphatic carbocycles. The molecule has 0 saturated heterocycles. The Labute approximate surface area is 136 Å². The topological polar surface area (TPSA) is 34.0 Å². The lowest BCUT2D eigenvalue weighted by Gasteiger charge is -2.14. The van der Waals surface area contributed by atoms with Crippen LogP contribution in [0.2, 0.25) is 0 Å². The van der Waals surface area contributed by atoms with Gasteiger partial charge in [-0.2, -0.15) is 0 Å². The molecule has 0 aliphatic rings. The molecule has 1 atom stereocenters. The maximum absolute atomic E-state index is 12.6. The Hall–Kier alpha value is -2.55. The number of nitrogens with zero attached hydrogens (tertiary/aromatic N) is 1. The van der Waals surface area contributed by atoms with Gasteiger partial charge in [0, 0.05) is 29.2 Å². The van der Waals surface area contributed by atoms with Gasteiger partial charge < -0.3 is 9.88 Å². The molecule has 1 heterocycles. The summed E-state index contributed by atoms with van der Waals surface area (Å²) < 4.78 is 2.17. The number of fused-ring (bicyclic) bond motifs is 1. The molecular formula is C20H22N2O. The lowest BCUT2D eigenvalue weighted by atomic mass is 10.1. The monoisotopic (exact) mass is 306 g/mol. The van der Waals surface area contributed by atoms with E-state index < -0.39 is 0 Å². The van der Waals surface area contributed by atoms with Gasteiger partial charge in [0.05, 0.1) is 6.04 Å². The van der Waals surface area contributed by atoms with Crippen molar-refractivity contribution in [2.45, 2.75) is 26.8 Å². The predicted molar refractivity (Wildman–Crippen MR) is 94.7 cm³/mol. The third kappa shape index (κ3) is 2.74. The molecule has 118 valence electrons. The maximum atomic E-state index is 12.6. The molecule has 23 heavy (non-hydrogen) atoms. The molecule has 0 spiro atoms. The Morgan fingerprint density at radius 1 is 1.09 bits per heavy atom. The standard InChI is InChI=1S/C20H22N2O/c1-13-15(3)22(4)19-11-10-17(12-18(13)19)20(23)21-14(2)16-8-6-5-7-9-16/h5-12,14H,1-4H3,(H,21,23)/t14-/m1/s1. The Balaban J connectivity index is 1.88. The van der Waals surface area contributed by atoms with Gasteiger partial charge in [-0.05, 0) is 50.1 Å². The van der Waals surface area contributed by atoms with Crippen LogP contribution in [0.3, 0.4) is 0 Å². The smallest absolute Gasteiger partial charge is 0.251 e. The van der Waals surface area contributed by atoms with Crippen molar-refractivity contribution in [1.29, 1.82) is 0 Å². The summed E-state index contributed by atoms with van der Waals surface area (Å²) in [6, 6.07) is 15.9. The molecule has 1 N–H and O–H groups in total. The first-order valence-corrected chi connectivity index (χ1v) is 7.90. The van der Waals surface area contributed by atoms with Crippen LogP contribution in [0.1, 0.15) is 40.1 Å². The highest BCUT2D eigenvalue weighted by Gasteiger charge is 2.14. The van der Waals surface area contributed by atoms with Crippen molar-refractivity contribution >= 4 is 16.8 Å². The van der Waals surface area contributed by atoms with Crippen LogP contribution in [0, 0.1) is 13.8 Å². The lowest BCUT2D eigenvalue weighted by Crippen LogP contribution is -2.26. The number of aryl methyl sites for hydroxylation is 2. The van der Waals surface area contributed by atoms with E-state index in [-0.39, 0.29) is 11.9 Å². The third-order valence-electron chi connectivity index (χ3n) is 4.72. The fourth-order valence-electron chi connectivity index (χ4n) is 3.00. The number of amides is 1. The van der Waals surface area contributed by atoms with E-state index in [9.17, 15) is 4.79 Å². The highest BCUT2D eigenvalue weighted by Crippen LogP contribution is 2.25. The number of rotatable bonds is 3. The molecule has 3 aromatic rings. The Bertz CT molecular complexity index is 862. The fourth-order valence-corrected chi connectivity index (χ4v) is 3.00. The van der Waals surface area contributed by atoms with E-state index in [4.69, 9.17) is 0 Å². The number of hydrogen-bond donors (Lipinski definition) is 1. The van der Waals surface area contributed by atoms with Crippen LogP contribution >= 0.6 is 0 Å². The second kappa shape index (κ2) is 5.92. The van der Waals surface area contributed by atoms with Crippen molar-refractivity contribution < 1.29 is 4.79 Å². The Kier molecular flexibility index (Phi) is 3.95. The zero-order chi connectivity index (χ0) is 16.6. The van der Waals surface area contributed by atoms with Crippen LogP contribution in [0.25, 0.3) is 10.9 Å². The van der Waals surface area contributed by atoms with Crippen molar-refractivity contribution in [3.63, 3.8) is 0 Å². The van der Waals surface area contributed by atoms with E-state index >= 15 is 0 Å². The molecule has 1 aromatic heterocycles. The molecular weight excluding hydrogens is 284 g/mol. The second-order valence-corrected chi connectivity index (χ2v) is 6.11. The first-order valence-electron chi connectivity index (χ1n) is 7.90. The van der Waals surface area contributed by atoms with Gasteiger partial charge in [-0.25, -0.2) is 0 Å². The summed E-state index contributed by atoms with van der Waals surface area (Å²) in [6.07, 6.45) is 0. The number of benzene rings is 2. The van der Waals surface area contributed by atoms with Gasteiger partial charge in [-0.3, -0.25) is 4.79 Å². The van der Waals surface area contributed by atoms with E-state index in [1.807, 2.05) is 55.5 Å². The molecule has 0 fully saturated rings. The molecule has 0 saturated carbocycles. The minimum atomic E-state index is -0.0378. The molecule has 0 bridgehead atoms. The van der Waals surface area contributed by atoms with Crippen molar-refractivity contribution in [3.05, 3.63) is 70.9 Å². The number of carbonyl (C=O) groups is 1.